The first-order valence-corrected chi connectivity index (χ1v) is 6.38. The number of urea groups is 1. The summed E-state index contributed by atoms with van der Waals surface area (Å²) in [4.78, 5) is 22.2. The lowest BCUT2D eigenvalue weighted by molar-refractivity contribution is -0.118. The average molecular weight is 254 g/mol. The van der Waals surface area contributed by atoms with Crippen LogP contribution in [0.5, 0.6) is 0 Å². The van der Waals surface area contributed by atoms with Crippen LogP contribution in [-0.4, -0.2) is 25.7 Å². The van der Waals surface area contributed by atoms with Crippen LogP contribution >= 0.6 is 0 Å². The van der Waals surface area contributed by atoms with Crippen molar-refractivity contribution in [3.05, 3.63) is 29.8 Å². The van der Waals surface area contributed by atoms with Crippen LogP contribution in [0.1, 0.15) is 5.56 Å². The Kier molecular flexibility index (Phi) is 2.62. The van der Waals surface area contributed by atoms with E-state index in [4.69, 9.17) is 0 Å². The fraction of sp³-hybridized carbons (Fsp3) is 0.200. The Morgan fingerprint density at radius 3 is 2.18 bits per heavy atom. The van der Waals surface area contributed by atoms with Gasteiger partial charge in [0.25, 0.3) is 5.91 Å². The molecule has 1 unspecified atom stereocenters. The Morgan fingerprint density at radius 2 is 1.71 bits per heavy atom. The summed E-state index contributed by atoms with van der Waals surface area (Å²) < 4.78 is 24.1. The molecule has 7 heteroatoms. The molecule has 1 aromatic rings. The number of rotatable bonds is 2. The zero-order valence-electron chi connectivity index (χ0n) is 8.93. The molecule has 0 aliphatic carbocycles. The highest BCUT2D eigenvalue weighted by atomic mass is 32.2. The number of carbonyl (C=O) groups excluding carboxylic acids is 2. The van der Waals surface area contributed by atoms with Crippen molar-refractivity contribution in [1.82, 2.24) is 10.6 Å². The predicted octanol–water partition coefficient (Wildman–Crippen LogP) is -0.0658. The van der Waals surface area contributed by atoms with Crippen LogP contribution in [0.25, 0.3) is 0 Å². The zero-order chi connectivity index (χ0) is 12.6. The molecule has 1 atom stereocenters. The van der Waals surface area contributed by atoms with Gasteiger partial charge in [-0.05, 0) is 19.1 Å². The highest BCUT2D eigenvalue weighted by Crippen LogP contribution is 2.17. The fourth-order valence-electron chi connectivity index (χ4n) is 1.48. The lowest BCUT2D eigenvalue weighted by Crippen LogP contribution is -2.37. The monoisotopic (exact) mass is 254 g/mol. The summed E-state index contributed by atoms with van der Waals surface area (Å²) in [7, 11) is -3.88. The minimum atomic E-state index is -3.88. The zero-order valence-corrected chi connectivity index (χ0v) is 9.74. The molecule has 2 rings (SSSR count). The summed E-state index contributed by atoms with van der Waals surface area (Å²) in [6.45, 7) is 1.82. The Morgan fingerprint density at radius 1 is 1.12 bits per heavy atom. The van der Waals surface area contributed by atoms with Crippen LogP contribution < -0.4 is 10.6 Å². The molecule has 17 heavy (non-hydrogen) atoms. The Bertz CT molecular complexity index is 577. The SMILES string of the molecule is Cc1ccc(S(=O)(=O)C2NC(=O)NC2=O)cc1. The van der Waals surface area contributed by atoms with Gasteiger partial charge < -0.3 is 5.32 Å². The number of benzene rings is 1. The van der Waals surface area contributed by atoms with Gasteiger partial charge in [0.05, 0.1) is 4.90 Å². The van der Waals surface area contributed by atoms with Gasteiger partial charge in [0.1, 0.15) is 0 Å². The molecule has 0 radical (unpaired) electrons. The third kappa shape index (κ3) is 2.01. The molecule has 6 nitrogen and oxygen atoms in total. The summed E-state index contributed by atoms with van der Waals surface area (Å²) in [6, 6.07) is 5.27. The minimum Gasteiger partial charge on any atom is -0.313 e. The summed E-state index contributed by atoms with van der Waals surface area (Å²) in [5.74, 6) is -0.851. The van der Waals surface area contributed by atoms with E-state index in [1.807, 2.05) is 12.2 Å². The van der Waals surface area contributed by atoms with Crippen molar-refractivity contribution >= 4 is 21.8 Å². The van der Waals surface area contributed by atoms with Gasteiger partial charge in [0.15, 0.2) is 0 Å². The van der Waals surface area contributed by atoms with Gasteiger partial charge in [-0.15, -0.1) is 0 Å². The van der Waals surface area contributed by atoms with E-state index in [1.54, 1.807) is 12.1 Å². The van der Waals surface area contributed by atoms with Crippen molar-refractivity contribution in [3.8, 4) is 0 Å². The molecular weight excluding hydrogens is 244 g/mol. The average Bonchev–Trinajstić information content (AvgIpc) is 2.59. The van der Waals surface area contributed by atoms with Crippen LogP contribution in [0.2, 0.25) is 0 Å². The van der Waals surface area contributed by atoms with Gasteiger partial charge >= 0.3 is 6.03 Å². The second kappa shape index (κ2) is 3.85. The van der Waals surface area contributed by atoms with Crippen molar-refractivity contribution in [3.63, 3.8) is 0 Å². The molecule has 1 aromatic carbocycles. The molecule has 1 fully saturated rings. The highest BCUT2D eigenvalue weighted by Gasteiger charge is 2.40. The molecule has 1 aliphatic heterocycles. The fourth-order valence-corrected chi connectivity index (χ4v) is 2.87. The van der Waals surface area contributed by atoms with E-state index in [1.165, 1.54) is 12.1 Å². The largest absolute Gasteiger partial charge is 0.322 e. The third-order valence-corrected chi connectivity index (χ3v) is 4.28. The van der Waals surface area contributed by atoms with Gasteiger partial charge in [0.2, 0.25) is 15.2 Å². The van der Waals surface area contributed by atoms with Gasteiger partial charge in [-0.2, -0.15) is 0 Å². The summed E-state index contributed by atoms with van der Waals surface area (Å²) in [5, 5.41) is 2.41. The van der Waals surface area contributed by atoms with E-state index >= 15 is 0 Å². The van der Waals surface area contributed by atoms with Gasteiger partial charge in [-0.3, -0.25) is 10.1 Å². The number of sulfone groups is 1. The van der Waals surface area contributed by atoms with Gasteiger partial charge in [0, 0.05) is 0 Å². The number of amides is 3. The summed E-state index contributed by atoms with van der Waals surface area (Å²) in [5.41, 5.74) is 0.906. The van der Waals surface area contributed by atoms with Crippen molar-refractivity contribution in [1.29, 1.82) is 0 Å². The molecular formula is C10H10N2O4S. The third-order valence-electron chi connectivity index (χ3n) is 2.40. The molecule has 0 aromatic heterocycles. The lowest BCUT2D eigenvalue weighted by Gasteiger charge is -2.09. The number of hydrogen-bond donors (Lipinski definition) is 2. The highest BCUT2D eigenvalue weighted by molar-refractivity contribution is 7.92. The lowest BCUT2D eigenvalue weighted by atomic mass is 10.2. The molecule has 1 aliphatic rings. The van der Waals surface area contributed by atoms with E-state index in [0.717, 1.165) is 5.56 Å². The Hall–Kier alpha value is -1.89. The normalized spacial score (nSPS) is 19.9. The van der Waals surface area contributed by atoms with Crippen molar-refractivity contribution in [2.45, 2.75) is 17.2 Å². The van der Waals surface area contributed by atoms with E-state index < -0.39 is 27.1 Å². The molecule has 0 saturated carbocycles. The predicted molar refractivity (Wildman–Crippen MR) is 58.8 cm³/mol. The quantitative estimate of drug-likeness (QED) is 0.723. The van der Waals surface area contributed by atoms with Crippen molar-refractivity contribution < 1.29 is 18.0 Å². The first-order chi connectivity index (χ1) is 7.91. The second-order valence-corrected chi connectivity index (χ2v) is 5.73. The van der Waals surface area contributed by atoms with E-state index in [-0.39, 0.29) is 4.90 Å². The molecule has 90 valence electrons. The molecule has 0 bridgehead atoms. The molecule has 3 amide bonds. The van der Waals surface area contributed by atoms with Crippen molar-refractivity contribution in [2.75, 3.05) is 0 Å². The molecule has 1 heterocycles. The number of nitrogens with one attached hydrogen (secondary N) is 2. The Balaban J connectivity index is 2.40. The number of hydrogen-bond acceptors (Lipinski definition) is 4. The second-order valence-electron chi connectivity index (χ2n) is 3.70. The van der Waals surface area contributed by atoms with Crippen LogP contribution in [0.3, 0.4) is 0 Å². The maximum absolute atomic E-state index is 12.0. The van der Waals surface area contributed by atoms with Gasteiger partial charge in [-0.1, -0.05) is 17.7 Å². The van der Waals surface area contributed by atoms with Gasteiger partial charge in [-0.25, -0.2) is 13.2 Å². The van der Waals surface area contributed by atoms with E-state index in [0.29, 0.717) is 0 Å². The van der Waals surface area contributed by atoms with Crippen LogP contribution in [0.15, 0.2) is 29.2 Å². The minimum absolute atomic E-state index is 0.00505. The maximum Gasteiger partial charge on any atom is 0.322 e. The maximum atomic E-state index is 12.0. The topological polar surface area (TPSA) is 92.3 Å². The summed E-state index contributed by atoms with van der Waals surface area (Å²) in [6.07, 6.45) is 0. The number of carbonyl (C=O) groups is 2. The van der Waals surface area contributed by atoms with Crippen LogP contribution in [0.4, 0.5) is 4.79 Å². The standard InChI is InChI=1S/C10H10N2O4S/c1-6-2-4-7(5-3-6)17(15,16)9-8(13)11-10(14)12-9/h2-5,9H,1H3,(H2,11,12,13,14). The van der Waals surface area contributed by atoms with Crippen molar-refractivity contribution in [2.24, 2.45) is 0 Å². The smallest absolute Gasteiger partial charge is 0.313 e. The van der Waals surface area contributed by atoms with E-state index in [9.17, 15) is 18.0 Å². The number of imide groups is 1. The van der Waals surface area contributed by atoms with Crippen LogP contribution in [0, 0.1) is 6.92 Å². The van der Waals surface area contributed by atoms with Crippen LogP contribution in [-0.2, 0) is 14.6 Å². The molecule has 1 saturated heterocycles. The number of aryl methyl sites for hydroxylation is 1. The Labute approximate surface area is 97.9 Å². The first kappa shape index (κ1) is 11.6. The molecule has 0 spiro atoms. The van der Waals surface area contributed by atoms with E-state index in [2.05, 4.69) is 5.32 Å². The summed E-state index contributed by atoms with van der Waals surface area (Å²) >= 11 is 0. The first-order valence-electron chi connectivity index (χ1n) is 4.83. The molecule has 2 N–H and O–H groups in total.